The van der Waals surface area contributed by atoms with Gasteiger partial charge in [0.2, 0.25) is 5.91 Å². The summed E-state index contributed by atoms with van der Waals surface area (Å²) in [5, 5.41) is 8.21. The predicted octanol–water partition coefficient (Wildman–Crippen LogP) is 2.85. The Balaban J connectivity index is 1.85. The summed E-state index contributed by atoms with van der Waals surface area (Å²) in [5.41, 5.74) is 1.78. The normalized spacial score (nSPS) is 10.1. The van der Waals surface area contributed by atoms with Gasteiger partial charge in [-0.05, 0) is 64.4 Å². The van der Waals surface area contributed by atoms with Gasteiger partial charge in [-0.25, -0.2) is 0 Å². The van der Waals surface area contributed by atoms with E-state index in [0.29, 0.717) is 17.5 Å². The molecule has 0 aliphatic rings. The molecule has 2 aromatic rings. The van der Waals surface area contributed by atoms with Gasteiger partial charge in [-0.2, -0.15) is 0 Å². The first-order valence-corrected chi connectivity index (χ1v) is 8.35. The van der Waals surface area contributed by atoms with Crippen LogP contribution in [0.3, 0.4) is 0 Å². The van der Waals surface area contributed by atoms with Gasteiger partial charge in [0, 0.05) is 19.2 Å². The van der Waals surface area contributed by atoms with Gasteiger partial charge >= 0.3 is 0 Å². The summed E-state index contributed by atoms with van der Waals surface area (Å²) < 4.78 is 5.62. The molecular weight excluding hydrogens is 394 g/mol. The zero-order valence-corrected chi connectivity index (χ0v) is 15.3. The first-order valence-electron chi connectivity index (χ1n) is 7.15. The summed E-state index contributed by atoms with van der Waals surface area (Å²) in [7, 11) is 1.62. The number of amides is 2. The largest absolute Gasteiger partial charge is 0.444 e. The molecule has 0 fully saturated rings. The number of furan rings is 1. The molecule has 0 unspecified atom stereocenters. The lowest BCUT2D eigenvalue weighted by molar-refractivity contribution is -0.120. The maximum absolute atomic E-state index is 11.9. The topological polar surface area (TPSA) is 83.4 Å². The molecule has 1 aromatic heterocycles. The Bertz CT molecular complexity index is 743. The summed E-state index contributed by atoms with van der Waals surface area (Å²) in [6.45, 7) is 0. The monoisotopic (exact) mass is 409 g/mol. The molecule has 126 valence electrons. The van der Waals surface area contributed by atoms with E-state index in [1.807, 2.05) is 24.3 Å². The molecule has 0 atom stereocenters. The van der Waals surface area contributed by atoms with Crippen molar-refractivity contribution in [3.05, 3.63) is 52.4 Å². The lowest BCUT2D eigenvalue weighted by atomic mass is 10.1. The number of rotatable bonds is 5. The molecule has 3 N–H and O–H groups in total. The number of thiocarbonyl (C=S) groups is 1. The summed E-state index contributed by atoms with van der Waals surface area (Å²) >= 11 is 8.24. The van der Waals surface area contributed by atoms with Crippen LogP contribution in [0, 0.1) is 0 Å². The molecule has 0 saturated heterocycles. The van der Waals surface area contributed by atoms with Crippen molar-refractivity contribution in [2.24, 2.45) is 0 Å². The molecule has 1 heterocycles. The van der Waals surface area contributed by atoms with E-state index in [4.69, 9.17) is 16.6 Å². The minimum absolute atomic E-state index is 0.00524. The molecule has 2 rings (SSSR count). The van der Waals surface area contributed by atoms with Crippen molar-refractivity contribution in [2.75, 3.05) is 12.4 Å². The van der Waals surface area contributed by atoms with Gasteiger partial charge in [0.25, 0.3) is 5.91 Å². The van der Waals surface area contributed by atoms with Crippen LogP contribution in [0.15, 0.2) is 45.5 Å². The van der Waals surface area contributed by atoms with Crippen LogP contribution in [0.2, 0.25) is 0 Å². The lowest BCUT2D eigenvalue weighted by Crippen LogP contribution is -2.33. The molecular formula is C16H16BrN3O3S. The van der Waals surface area contributed by atoms with Gasteiger partial charge in [0.05, 0.1) is 0 Å². The van der Waals surface area contributed by atoms with Gasteiger partial charge < -0.3 is 15.1 Å². The van der Waals surface area contributed by atoms with Gasteiger partial charge in [-0.1, -0.05) is 12.1 Å². The number of aryl methyl sites for hydroxylation is 1. The van der Waals surface area contributed by atoms with Gasteiger partial charge in [0.1, 0.15) is 0 Å². The molecule has 2 amide bonds. The number of carbonyl (C=O) groups excluding carboxylic acids is 2. The zero-order valence-electron chi connectivity index (χ0n) is 12.9. The molecule has 0 spiro atoms. The fourth-order valence-corrected chi connectivity index (χ4v) is 2.42. The summed E-state index contributed by atoms with van der Waals surface area (Å²) in [6.07, 6.45) is 1.10. The minimum Gasteiger partial charge on any atom is -0.444 e. The Morgan fingerprint density at radius 1 is 1.17 bits per heavy atom. The highest BCUT2D eigenvalue weighted by Gasteiger charge is 2.12. The molecule has 0 aliphatic heterocycles. The highest BCUT2D eigenvalue weighted by molar-refractivity contribution is 9.10. The third-order valence-corrected chi connectivity index (χ3v) is 3.79. The SMILES string of the molecule is CNC(=O)CCc1ccc(NC(=S)NC(=O)c2ccc(Br)o2)cc1. The number of hydrogen-bond acceptors (Lipinski definition) is 4. The van der Waals surface area contributed by atoms with Crippen LogP contribution in [0.4, 0.5) is 5.69 Å². The van der Waals surface area contributed by atoms with Crippen LogP contribution in [-0.4, -0.2) is 24.0 Å². The zero-order chi connectivity index (χ0) is 17.5. The number of hydrogen-bond donors (Lipinski definition) is 3. The van der Waals surface area contributed by atoms with Crippen LogP contribution in [0.5, 0.6) is 0 Å². The fourth-order valence-electron chi connectivity index (χ4n) is 1.90. The third kappa shape index (κ3) is 5.47. The van der Waals surface area contributed by atoms with E-state index in [1.165, 1.54) is 0 Å². The second-order valence-electron chi connectivity index (χ2n) is 4.88. The fraction of sp³-hybridized carbons (Fsp3) is 0.188. The summed E-state index contributed by atoms with van der Waals surface area (Å²) in [4.78, 5) is 23.1. The molecule has 0 bridgehead atoms. The number of halogens is 1. The van der Waals surface area contributed by atoms with E-state index < -0.39 is 5.91 Å². The number of carbonyl (C=O) groups is 2. The van der Waals surface area contributed by atoms with Crippen molar-refractivity contribution >= 4 is 50.8 Å². The molecule has 8 heteroatoms. The van der Waals surface area contributed by atoms with Crippen molar-refractivity contribution in [1.82, 2.24) is 10.6 Å². The second-order valence-corrected chi connectivity index (χ2v) is 6.07. The smallest absolute Gasteiger partial charge is 0.293 e. The highest BCUT2D eigenvalue weighted by atomic mass is 79.9. The molecule has 0 aliphatic carbocycles. The van der Waals surface area contributed by atoms with E-state index in [1.54, 1.807) is 19.2 Å². The van der Waals surface area contributed by atoms with Crippen LogP contribution in [0.1, 0.15) is 22.5 Å². The Hall–Kier alpha value is -2.19. The minimum atomic E-state index is -0.430. The van der Waals surface area contributed by atoms with Crippen LogP contribution in [-0.2, 0) is 11.2 Å². The van der Waals surface area contributed by atoms with Gasteiger partial charge in [-0.15, -0.1) is 0 Å². The van der Waals surface area contributed by atoms with E-state index in [9.17, 15) is 9.59 Å². The first-order chi connectivity index (χ1) is 11.5. The van der Waals surface area contributed by atoms with Gasteiger partial charge in [-0.3, -0.25) is 14.9 Å². The third-order valence-electron chi connectivity index (χ3n) is 3.16. The van der Waals surface area contributed by atoms with Crippen LogP contribution < -0.4 is 16.0 Å². The van der Waals surface area contributed by atoms with E-state index in [2.05, 4.69) is 31.9 Å². The van der Waals surface area contributed by atoms with Crippen molar-refractivity contribution in [2.45, 2.75) is 12.8 Å². The van der Waals surface area contributed by atoms with Crippen molar-refractivity contribution < 1.29 is 14.0 Å². The van der Waals surface area contributed by atoms with Crippen LogP contribution >= 0.6 is 28.1 Å². The first kappa shape index (κ1) is 18.2. The molecule has 24 heavy (non-hydrogen) atoms. The van der Waals surface area contributed by atoms with E-state index in [-0.39, 0.29) is 16.8 Å². The predicted molar refractivity (Wildman–Crippen MR) is 98.9 cm³/mol. The second kappa shape index (κ2) is 8.60. The maximum Gasteiger partial charge on any atom is 0.293 e. The Morgan fingerprint density at radius 2 is 1.88 bits per heavy atom. The highest BCUT2D eigenvalue weighted by Crippen LogP contribution is 2.14. The van der Waals surface area contributed by atoms with Crippen molar-refractivity contribution in [1.29, 1.82) is 0 Å². The van der Waals surface area contributed by atoms with Gasteiger partial charge in [0.15, 0.2) is 15.5 Å². The Kier molecular flexibility index (Phi) is 6.51. The molecule has 0 saturated carbocycles. The summed E-state index contributed by atoms with van der Waals surface area (Å²) in [5.74, 6) is -0.262. The standard InChI is InChI=1S/C16H16BrN3O3S/c1-18-14(21)9-4-10-2-5-11(6-3-10)19-16(24)20-15(22)12-7-8-13(17)23-12/h2-3,5-8H,4,9H2,1H3,(H,18,21)(H2,19,20,22,24). The lowest BCUT2D eigenvalue weighted by Gasteiger charge is -2.09. The van der Waals surface area contributed by atoms with Crippen molar-refractivity contribution in [3.63, 3.8) is 0 Å². The number of anilines is 1. The van der Waals surface area contributed by atoms with Crippen molar-refractivity contribution in [3.8, 4) is 0 Å². The Labute approximate surface area is 153 Å². The van der Waals surface area contributed by atoms with E-state index >= 15 is 0 Å². The number of benzene rings is 1. The molecule has 6 nitrogen and oxygen atoms in total. The van der Waals surface area contributed by atoms with Crippen LogP contribution in [0.25, 0.3) is 0 Å². The average molecular weight is 410 g/mol. The number of nitrogens with one attached hydrogen (secondary N) is 3. The van der Waals surface area contributed by atoms with E-state index in [0.717, 1.165) is 11.3 Å². The average Bonchev–Trinajstić information content (AvgIpc) is 3.00. The maximum atomic E-state index is 11.9. The quantitative estimate of drug-likeness (QED) is 0.661. The Morgan fingerprint density at radius 3 is 2.46 bits per heavy atom. The molecule has 0 radical (unpaired) electrons. The summed E-state index contributed by atoms with van der Waals surface area (Å²) in [6, 6.07) is 10.6. The molecule has 1 aromatic carbocycles.